The highest BCUT2D eigenvalue weighted by atomic mass is 16.1. The molecule has 0 amide bonds. The zero-order chi connectivity index (χ0) is 14.0. The van der Waals surface area contributed by atoms with Crippen molar-refractivity contribution in [2.75, 3.05) is 6.54 Å². The molecule has 0 aliphatic rings. The minimum Gasteiger partial charge on any atom is -0.330 e. The van der Waals surface area contributed by atoms with Gasteiger partial charge >= 0.3 is 0 Å². The molecule has 1 atom stereocenters. The van der Waals surface area contributed by atoms with Crippen molar-refractivity contribution < 1.29 is 0 Å². The Morgan fingerprint density at radius 1 is 1.21 bits per heavy atom. The van der Waals surface area contributed by atoms with Crippen LogP contribution in [-0.2, 0) is 0 Å². The van der Waals surface area contributed by atoms with Crippen LogP contribution in [-0.4, -0.2) is 11.1 Å². The Labute approximate surface area is 114 Å². The summed E-state index contributed by atoms with van der Waals surface area (Å²) >= 11 is 0. The average molecular weight is 258 g/mol. The van der Waals surface area contributed by atoms with Crippen LogP contribution in [0.1, 0.15) is 44.7 Å². The number of aromatic nitrogens is 1. The molecular formula is C16H22N2O. The van der Waals surface area contributed by atoms with Gasteiger partial charge in [0.05, 0.1) is 5.52 Å². The normalized spacial score (nSPS) is 13.1. The average Bonchev–Trinajstić information content (AvgIpc) is 2.37. The summed E-state index contributed by atoms with van der Waals surface area (Å²) in [5.74, 6) is 0.201. The van der Waals surface area contributed by atoms with E-state index in [1.165, 1.54) is 0 Å². The molecule has 2 aromatic rings. The predicted octanol–water partition coefficient (Wildman–Crippen LogP) is 3.03. The molecule has 0 aliphatic heterocycles. The molecular weight excluding hydrogens is 236 g/mol. The molecule has 3 heteroatoms. The summed E-state index contributed by atoms with van der Waals surface area (Å²) in [5.41, 5.74) is 7.62. The highest BCUT2D eigenvalue weighted by Gasteiger charge is 2.15. The summed E-state index contributed by atoms with van der Waals surface area (Å²) in [6.45, 7) is 6.77. The third-order valence-electron chi connectivity index (χ3n) is 3.62. The Kier molecular flexibility index (Phi) is 4.05. The number of hydrogen-bond acceptors (Lipinski definition) is 2. The second-order valence-corrected chi connectivity index (χ2v) is 5.41. The highest BCUT2D eigenvalue weighted by Crippen LogP contribution is 2.22. The van der Waals surface area contributed by atoms with E-state index in [0.29, 0.717) is 6.54 Å². The van der Waals surface area contributed by atoms with Crippen molar-refractivity contribution in [2.45, 2.75) is 39.2 Å². The van der Waals surface area contributed by atoms with Crippen LogP contribution in [0.3, 0.4) is 0 Å². The molecule has 19 heavy (non-hydrogen) atoms. The number of nitrogens with two attached hydrogens (primary N) is 1. The number of pyridine rings is 1. The standard InChI is InChI=1S/C16H22N2O/c1-11(2)18-15-7-5-4-6-13(15)10-14(16(18)19)12(3)8-9-17/h4-7,10-12H,8-9,17H2,1-3H3. The Bertz CT molecular complexity index is 628. The summed E-state index contributed by atoms with van der Waals surface area (Å²) in [7, 11) is 0. The second-order valence-electron chi connectivity index (χ2n) is 5.41. The van der Waals surface area contributed by atoms with E-state index in [0.717, 1.165) is 22.9 Å². The van der Waals surface area contributed by atoms with E-state index < -0.39 is 0 Å². The van der Waals surface area contributed by atoms with Crippen LogP contribution < -0.4 is 11.3 Å². The van der Waals surface area contributed by atoms with Gasteiger partial charge in [-0.1, -0.05) is 25.1 Å². The number of benzene rings is 1. The molecule has 0 saturated carbocycles. The number of fused-ring (bicyclic) bond motifs is 1. The third kappa shape index (κ3) is 2.56. The van der Waals surface area contributed by atoms with Crippen molar-refractivity contribution in [3.8, 4) is 0 Å². The first-order valence-electron chi connectivity index (χ1n) is 6.90. The van der Waals surface area contributed by atoms with Gasteiger partial charge in [0.25, 0.3) is 5.56 Å². The molecule has 1 aromatic heterocycles. The fourth-order valence-corrected chi connectivity index (χ4v) is 2.58. The van der Waals surface area contributed by atoms with Crippen molar-refractivity contribution >= 4 is 10.9 Å². The molecule has 1 aromatic carbocycles. The summed E-state index contributed by atoms with van der Waals surface area (Å²) in [5, 5.41) is 1.12. The van der Waals surface area contributed by atoms with E-state index >= 15 is 0 Å². The van der Waals surface area contributed by atoms with E-state index in [-0.39, 0.29) is 17.5 Å². The van der Waals surface area contributed by atoms with Gasteiger partial charge < -0.3 is 10.3 Å². The number of rotatable bonds is 4. The maximum atomic E-state index is 12.7. The summed E-state index contributed by atoms with van der Waals surface area (Å²) in [6.07, 6.45) is 0.839. The van der Waals surface area contributed by atoms with Gasteiger partial charge in [0, 0.05) is 11.6 Å². The quantitative estimate of drug-likeness (QED) is 0.916. The van der Waals surface area contributed by atoms with Crippen LogP contribution in [0.4, 0.5) is 0 Å². The van der Waals surface area contributed by atoms with E-state index in [9.17, 15) is 4.79 Å². The van der Waals surface area contributed by atoms with Crippen LogP contribution in [0.25, 0.3) is 10.9 Å². The molecule has 2 rings (SSSR count). The number of hydrogen-bond donors (Lipinski definition) is 1. The minimum absolute atomic E-state index is 0.120. The molecule has 2 N–H and O–H groups in total. The molecule has 0 spiro atoms. The molecule has 102 valence electrons. The first-order chi connectivity index (χ1) is 9.06. The third-order valence-corrected chi connectivity index (χ3v) is 3.62. The van der Waals surface area contributed by atoms with Crippen molar-refractivity contribution in [1.29, 1.82) is 0 Å². The van der Waals surface area contributed by atoms with Gasteiger partial charge in [0.15, 0.2) is 0 Å². The Balaban J connectivity index is 2.74. The Hall–Kier alpha value is -1.61. The molecule has 0 bridgehead atoms. The monoisotopic (exact) mass is 258 g/mol. The van der Waals surface area contributed by atoms with Crippen LogP contribution in [0.5, 0.6) is 0 Å². The van der Waals surface area contributed by atoms with Crippen molar-refractivity contribution in [2.24, 2.45) is 5.73 Å². The summed E-state index contributed by atoms with van der Waals surface area (Å²) in [6, 6.07) is 10.2. The second kappa shape index (κ2) is 5.57. The molecule has 0 radical (unpaired) electrons. The van der Waals surface area contributed by atoms with Crippen molar-refractivity contribution in [3.63, 3.8) is 0 Å². The molecule has 3 nitrogen and oxygen atoms in total. The van der Waals surface area contributed by atoms with Gasteiger partial charge in [-0.05, 0) is 50.2 Å². The van der Waals surface area contributed by atoms with Crippen LogP contribution in [0.2, 0.25) is 0 Å². The molecule has 0 saturated heterocycles. The van der Waals surface area contributed by atoms with Gasteiger partial charge in [0.1, 0.15) is 0 Å². The van der Waals surface area contributed by atoms with E-state index in [1.54, 1.807) is 0 Å². The van der Waals surface area contributed by atoms with Crippen LogP contribution >= 0.6 is 0 Å². The molecule has 1 unspecified atom stereocenters. The smallest absolute Gasteiger partial charge is 0.254 e. The van der Waals surface area contributed by atoms with Crippen molar-refractivity contribution in [3.05, 3.63) is 46.2 Å². The lowest BCUT2D eigenvalue weighted by Crippen LogP contribution is -2.27. The van der Waals surface area contributed by atoms with E-state index in [2.05, 4.69) is 13.0 Å². The first kappa shape index (κ1) is 13.8. The predicted molar refractivity (Wildman–Crippen MR) is 80.7 cm³/mol. The van der Waals surface area contributed by atoms with Gasteiger partial charge in [-0.15, -0.1) is 0 Å². The van der Waals surface area contributed by atoms with Gasteiger partial charge in [-0.25, -0.2) is 0 Å². The van der Waals surface area contributed by atoms with E-state index in [1.807, 2.05) is 42.7 Å². The lowest BCUT2D eigenvalue weighted by molar-refractivity contribution is 0.583. The lowest BCUT2D eigenvalue weighted by Gasteiger charge is -2.18. The number of nitrogens with zero attached hydrogens (tertiary/aromatic N) is 1. The molecule has 0 aliphatic carbocycles. The molecule has 1 heterocycles. The maximum absolute atomic E-state index is 12.7. The minimum atomic E-state index is 0.120. The maximum Gasteiger partial charge on any atom is 0.254 e. The fourth-order valence-electron chi connectivity index (χ4n) is 2.58. The number of para-hydroxylation sites is 1. The Morgan fingerprint density at radius 3 is 2.53 bits per heavy atom. The first-order valence-corrected chi connectivity index (χ1v) is 6.90. The summed E-state index contributed by atoms with van der Waals surface area (Å²) in [4.78, 5) is 12.7. The van der Waals surface area contributed by atoms with Gasteiger partial charge in [-0.2, -0.15) is 0 Å². The highest BCUT2D eigenvalue weighted by molar-refractivity contribution is 5.79. The topological polar surface area (TPSA) is 48.0 Å². The van der Waals surface area contributed by atoms with Crippen LogP contribution in [0, 0.1) is 0 Å². The Morgan fingerprint density at radius 2 is 1.89 bits per heavy atom. The lowest BCUT2D eigenvalue weighted by atomic mass is 9.97. The summed E-state index contributed by atoms with van der Waals surface area (Å²) < 4.78 is 1.89. The van der Waals surface area contributed by atoms with Gasteiger partial charge in [0.2, 0.25) is 0 Å². The zero-order valence-electron chi connectivity index (χ0n) is 11.9. The largest absolute Gasteiger partial charge is 0.330 e. The molecule has 0 fully saturated rings. The SMILES string of the molecule is CC(CCN)c1cc2ccccc2n(C(C)C)c1=O. The van der Waals surface area contributed by atoms with Crippen molar-refractivity contribution in [1.82, 2.24) is 4.57 Å². The zero-order valence-corrected chi connectivity index (χ0v) is 11.9. The fraction of sp³-hybridized carbons (Fsp3) is 0.438. The van der Waals surface area contributed by atoms with Gasteiger partial charge in [-0.3, -0.25) is 4.79 Å². The van der Waals surface area contributed by atoms with Crippen LogP contribution in [0.15, 0.2) is 35.1 Å². The van der Waals surface area contributed by atoms with E-state index in [4.69, 9.17) is 5.73 Å².